The smallest absolute Gasteiger partial charge is 0.368 e. The number of carbonyl (C=O) groups excluding carboxylic acids is 1. The van der Waals surface area contributed by atoms with Crippen molar-refractivity contribution in [2.24, 2.45) is 5.73 Å². The first-order chi connectivity index (χ1) is 9.13. The van der Waals surface area contributed by atoms with Gasteiger partial charge in [0.15, 0.2) is 0 Å². The predicted octanol–water partition coefficient (Wildman–Crippen LogP) is 2.79. The summed E-state index contributed by atoms with van der Waals surface area (Å²) >= 11 is 0. The predicted molar refractivity (Wildman–Crippen MR) is 70.9 cm³/mol. The molecule has 0 aromatic heterocycles. The topological polar surface area (TPSA) is 55.1 Å². The van der Waals surface area contributed by atoms with Crippen LogP contribution in [0.2, 0.25) is 0 Å². The number of halogens is 3. The molecule has 0 radical (unpaired) electrons. The highest BCUT2D eigenvalue weighted by atomic mass is 19.4. The molecule has 0 aliphatic rings. The quantitative estimate of drug-likeness (QED) is 0.875. The van der Waals surface area contributed by atoms with Crippen LogP contribution in [0.15, 0.2) is 24.3 Å². The number of amides is 1. The van der Waals surface area contributed by atoms with Gasteiger partial charge < -0.3 is 5.73 Å². The molecule has 0 heterocycles. The zero-order chi connectivity index (χ0) is 15.6. The van der Waals surface area contributed by atoms with Gasteiger partial charge in [-0.3, -0.25) is 10.1 Å². The van der Waals surface area contributed by atoms with Crippen LogP contribution in [-0.2, 0) is 16.5 Å². The van der Waals surface area contributed by atoms with Crippen LogP contribution in [0.3, 0.4) is 0 Å². The second-order valence-corrected chi connectivity index (χ2v) is 4.99. The average Bonchev–Trinajstić information content (AvgIpc) is 2.37. The SMILES string of the molecule is CCC(C)NC(C)(C(N)=O)c1ccccc1C(F)(F)F. The first-order valence-corrected chi connectivity index (χ1v) is 6.37. The Kier molecular flexibility index (Phi) is 4.81. The number of rotatable bonds is 5. The lowest BCUT2D eigenvalue weighted by atomic mass is 9.86. The van der Waals surface area contributed by atoms with Crippen molar-refractivity contribution in [3.05, 3.63) is 35.4 Å². The second kappa shape index (κ2) is 5.83. The van der Waals surface area contributed by atoms with Gasteiger partial charge in [0, 0.05) is 6.04 Å². The summed E-state index contributed by atoms with van der Waals surface area (Å²) in [5.41, 5.74) is 2.78. The van der Waals surface area contributed by atoms with Gasteiger partial charge in [0.2, 0.25) is 5.91 Å². The highest BCUT2D eigenvalue weighted by Crippen LogP contribution is 2.36. The van der Waals surface area contributed by atoms with Gasteiger partial charge in [0.25, 0.3) is 0 Å². The molecular weight excluding hydrogens is 269 g/mol. The number of nitrogens with one attached hydrogen (secondary N) is 1. The van der Waals surface area contributed by atoms with Crippen LogP contribution in [-0.4, -0.2) is 11.9 Å². The third-order valence-corrected chi connectivity index (χ3v) is 3.41. The van der Waals surface area contributed by atoms with Gasteiger partial charge in [-0.1, -0.05) is 25.1 Å². The van der Waals surface area contributed by atoms with Gasteiger partial charge in [-0.15, -0.1) is 0 Å². The Balaban J connectivity index is 3.40. The Morgan fingerprint density at radius 1 is 1.30 bits per heavy atom. The normalized spacial score (nSPS) is 16.5. The molecular formula is C14H19F3N2O. The third kappa shape index (κ3) is 3.30. The molecule has 1 rings (SSSR count). The fraction of sp³-hybridized carbons (Fsp3) is 0.500. The Hall–Kier alpha value is -1.56. The molecule has 1 aromatic carbocycles. The van der Waals surface area contributed by atoms with Crippen molar-refractivity contribution in [3.63, 3.8) is 0 Å². The van der Waals surface area contributed by atoms with E-state index in [1.165, 1.54) is 25.1 Å². The van der Waals surface area contributed by atoms with Crippen LogP contribution in [0.5, 0.6) is 0 Å². The Bertz CT molecular complexity index is 488. The van der Waals surface area contributed by atoms with Crippen molar-refractivity contribution >= 4 is 5.91 Å². The molecule has 1 amide bonds. The van der Waals surface area contributed by atoms with E-state index < -0.39 is 23.2 Å². The minimum atomic E-state index is -4.54. The van der Waals surface area contributed by atoms with Gasteiger partial charge in [-0.05, 0) is 31.9 Å². The molecule has 3 nitrogen and oxygen atoms in total. The van der Waals surface area contributed by atoms with Gasteiger partial charge >= 0.3 is 6.18 Å². The Morgan fingerprint density at radius 3 is 2.20 bits per heavy atom. The fourth-order valence-corrected chi connectivity index (χ4v) is 2.04. The maximum Gasteiger partial charge on any atom is 0.416 e. The summed E-state index contributed by atoms with van der Waals surface area (Å²) in [5.74, 6) is -0.838. The number of carbonyl (C=O) groups is 1. The number of benzene rings is 1. The van der Waals surface area contributed by atoms with Crippen LogP contribution < -0.4 is 11.1 Å². The lowest BCUT2D eigenvalue weighted by Crippen LogP contribution is -2.54. The average molecular weight is 288 g/mol. The first-order valence-electron chi connectivity index (χ1n) is 6.37. The van der Waals surface area contributed by atoms with E-state index in [1.54, 1.807) is 6.92 Å². The standard InChI is InChI=1S/C14H19F3N2O/c1-4-9(2)19-13(3,12(18)20)10-7-5-6-8-11(10)14(15,16)17/h5-9,19H,4H2,1-3H3,(H2,18,20). The molecule has 0 saturated heterocycles. The molecule has 20 heavy (non-hydrogen) atoms. The molecule has 6 heteroatoms. The van der Waals surface area contributed by atoms with Crippen molar-refractivity contribution in [2.75, 3.05) is 0 Å². The summed E-state index contributed by atoms with van der Waals surface area (Å²) in [4.78, 5) is 11.7. The summed E-state index contributed by atoms with van der Waals surface area (Å²) in [7, 11) is 0. The van der Waals surface area contributed by atoms with E-state index in [0.29, 0.717) is 6.42 Å². The van der Waals surface area contributed by atoms with Crippen molar-refractivity contribution in [1.29, 1.82) is 0 Å². The Labute approximate surface area is 116 Å². The summed E-state index contributed by atoms with van der Waals surface area (Å²) in [6.45, 7) is 5.04. The van der Waals surface area contributed by atoms with Crippen molar-refractivity contribution < 1.29 is 18.0 Å². The first kappa shape index (κ1) is 16.5. The van der Waals surface area contributed by atoms with Crippen molar-refractivity contribution in [2.45, 2.75) is 44.9 Å². The molecule has 1 aromatic rings. The number of primary amides is 1. The van der Waals surface area contributed by atoms with E-state index in [9.17, 15) is 18.0 Å². The second-order valence-electron chi connectivity index (χ2n) is 4.99. The molecule has 0 fully saturated rings. The number of hydrogen-bond donors (Lipinski definition) is 2. The Morgan fingerprint density at radius 2 is 1.80 bits per heavy atom. The molecule has 2 atom stereocenters. The minimum absolute atomic E-state index is 0.145. The molecule has 0 spiro atoms. The maximum absolute atomic E-state index is 13.1. The summed E-state index contributed by atoms with van der Waals surface area (Å²) in [5, 5.41) is 2.90. The van der Waals surface area contributed by atoms with Crippen LogP contribution in [0.25, 0.3) is 0 Å². The van der Waals surface area contributed by atoms with Crippen LogP contribution in [0.4, 0.5) is 13.2 Å². The van der Waals surface area contributed by atoms with Crippen molar-refractivity contribution in [3.8, 4) is 0 Å². The van der Waals surface area contributed by atoms with Crippen molar-refractivity contribution in [1.82, 2.24) is 5.32 Å². The van der Waals surface area contributed by atoms with E-state index in [1.807, 2.05) is 6.92 Å². The monoisotopic (exact) mass is 288 g/mol. The largest absolute Gasteiger partial charge is 0.416 e. The number of hydrogen-bond acceptors (Lipinski definition) is 2. The van der Waals surface area contributed by atoms with E-state index >= 15 is 0 Å². The van der Waals surface area contributed by atoms with Crippen LogP contribution >= 0.6 is 0 Å². The molecule has 0 aliphatic carbocycles. The number of alkyl halides is 3. The molecule has 112 valence electrons. The molecule has 0 saturated carbocycles. The molecule has 0 bridgehead atoms. The van der Waals surface area contributed by atoms with E-state index in [4.69, 9.17) is 5.73 Å². The van der Waals surface area contributed by atoms with Gasteiger partial charge in [0.05, 0.1) is 5.56 Å². The number of nitrogens with two attached hydrogens (primary N) is 1. The minimum Gasteiger partial charge on any atom is -0.368 e. The maximum atomic E-state index is 13.1. The van der Waals surface area contributed by atoms with E-state index in [-0.39, 0.29) is 11.6 Å². The highest BCUT2D eigenvalue weighted by molar-refractivity contribution is 5.86. The van der Waals surface area contributed by atoms with Crippen LogP contribution in [0.1, 0.15) is 38.3 Å². The van der Waals surface area contributed by atoms with Gasteiger partial charge in [-0.25, -0.2) is 0 Å². The molecule has 2 unspecified atom stereocenters. The zero-order valence-corrected chi connectivity index (χ0v) is 11.7. The van der Waals surface area contributed by atoms with E-state index in [2.05, 4.69) is 5.32 Å². The lowest BCUT2D eigenvalue weighted by molar-refractivity contribution is -0.139. The van der Waals surface area contributed by atoms with Gasteiger partial charge in [-0.2, -0.15) is 13.2 Å². The zero-order valence-electron chi connectivity index (χ0n) is 11.7. The fourth-order valence-electron chi connectivity index (χ4n) is 2.04. The summed E-state index contributed by atoms with van der Waals surface area (Å²) in [6.07, 6.45) is -3.87. The summed E-state index contributed by atoms with van der Waals surface area (Å²) in [6, 6.07) is 4.84. The molecule has 3 N–H and O–H groups in total. The molecule has 0 aliphatic heterocycles. The summed E-state index contributed by atoms with van der Waals surface area (Å²) < 4.78 is 39.2. The van der Waals surface area contributed by atoms with Gasteiger partial charge in [0.1, 0.15) is 5.54 Å². The lowest BCUT2D eigenvalue weighted by Gasteiger charge is -2.33. The van der Waals surface area contributed by atoms with Crippen LogP contribution in [0, 0.1) is 0 Å². The van der Waals surface area contributed by atoms with E-state index in [0.717, 1.165) is 6.07 Å². The third-order valence-electron chi connectivity index (χ3n) is 3.41. The highest BCUT2D eigenvalue weighted by Gasteiger charge is 2.42.